The monoisotopic (exact) mass is 415 g/mol. The molecule has 1 aliphatic rings. The van der Waals surface area contributed by atoms with Crippen molar-refractivity contribution in [3.05, 3.63) is 62.0 Å². The molecule has 1 aromatic carbocycles. The van der Waals surface area contributed by atoms with E-state index in [1.807, 2.05) is 24.3 Å². The van der Waals surface area contributed by atoms with Crippen LogP contribution in [-0.2, 0) is 30.6 Å². The highest BCUT2D eigenvalue weighted by molar-refractivity contribution is 7.18. The second-order valence-corrected chi connectivity index (χ2v) is 8.96. The van der Waals surface area contributed by atoms with E-state index in [-0.39, 0.29) is 18.0 Å². The second kappa shape index (κ2) is 8.05. The van der Waals surface area contributed by atoms with Crippen LogP contribution in [0.5, 0.6) is 0 Å². The van der Waals surface area contributed by atoms with E-state index in [2.05, 4.69) is 17.2 Å². The summed E-state index contributed by atoms with van der Waals surface area (Å²) < 4.78 is 1.42. The molecule has 0 spiro atoms. The number of hydrogen-bond acceptors (Lipinski definition) is 4. The maximum Gasteiger partial charge on any atom is 0.262 e. The molecule has 7 heteroatoms. The Labute approximate surface area is 172 Å². The third-order valence-corrected chi connectivity index (χ3v) is 6.62. The Hall–Kier alpha value is -2.18. The SMILES string of the molecule is C[C@@H]1CCc2c(sc3ncn(CC(=O)NCCc4cccc(Cl)c4)c(=O)c23)C1. The van der Waals surface area contributed by atoms with Crippen LogP contribution in [0, 0.1) is 5.92 Å². The molecule has 28 heavy (non-hydrogen) atoms. The smallest absolute Gasteiger partial charge is 0.262 e. The Morgan fingerprint density at radius 3 is 3.11 bits per heavy atom. The molecule has 2 aromatic heterocycles. The molecule has 0 aliphatic heterocycles. The van der Waals surface area contributed by atoms with Crippen molar-refractivity contribution < 1.29 is 4.79 Å². The van der Waals surface area contributed by atoms with Gasteiger partial charge in [-0.25, -0.2) is 4.98 Å². The Balaban J connectivity index is 1.45. The highest BCUT2D eigenvalue weighted by atomic mass is 35.5. The van der Waals surface area contributed by atoms with Gasteiger partial charge in [-0.2, -0.15) is 0 Å². The number of nitrogens with zero attached hydrogens (tertiary/aromatic N) is 2. The molecule has 1 N–H and O–H groups in total. The Kier molecular flexibility index (Phi) is 5.51. The molecule has 1 aliphatic carbocycles. The predicted octanol–water partition coefficient (Wildman–Crippen LogP) is 3.60. The first kappa shape index (κ1) is 19.2. The average molecular weight is 416 g/mol. The van der Waals surface area contributed by atoms with Gasteiger partial charge >= 0.3 is 0 Å². The van der Waals surface area contributed by atoms with Crippen molar-refractivity contribution in [3.63, 3.8) is 0 Å². The quantitative estimate of drug-likeness (QED) is 0.692. The van der Waals surface area contributed by atoms with Crippen LogP contribution < -0.4 is 10.9 Å². The first-order chi connectivity index (χ1) is 13.5. The van der Waals surface area contributed by atoms with Crippen molar-refractivity contribution >= 4 is 39.1 Å². The number of benzene rings is 1. The number of aryl methyl sites for hydroxylation is 1. The number of rotatable bonds is 5. The van der Waals surface area contributed by atoms with Gasteiger partial charge < -0.3 is 5.32 Å². The summed E-state index contributed by atoms with van der Waals surface area (Å²) in [4.78, 5) is 31.8. The molecule has 2 heterocycles. The highest BCUT2D eigenvalue weighted by Crippen LogP contribution is 2.35. The number of halogens is 1. The maximum atomic E-state index is 12.9. The van der Waals surface area contributed by atoms with Gasteiger partial charge in [0.15, 0.2) is 0 Å². The molecule has 4 rings (SSSR count). The third-order valence-electron chi connectivity index (χ3n) is 5.22. The number of nitrogens with one attached hydrogen (secondary N) is 1. The van der Waals surface area contributed by atoms with Crippen LogP contribution in [0.4, 0.5) is 0 Å². The summed E-state index contributed by atoms with van der Waals surface area (Å²) in [5.41, 5.74) is 2.10. The second-order valence-electron chi connectivity index (χ2n) is 7.44. The summed E-state index contributed by atoms with van der Waals surface area (Å²) >= 11 is 7.60. The van der Waals surface area contributed by atoms with Crippen LogP contribution >= 0.6 is 22.9 Å². The summed E-state index contributed by atoms with van der Waals surface area (Å²) in [5.74, 6) is 0.455. The number of thiophene rings is 1. The van der Waals surface area contributed by atoms with Crippen molar-refractivity contribution in [2.45, 2.75) is 39.2 Å². The fourth-order valence-electron chi connectivity index (χ4n) is 3.73. The molecule has 1 amide bonds. The fraction of sp³-hybridized carbons (Fsp3) is 0.381. The predicted molar refractivity (Wildman–Crippen MR) is 113 cm³/mol. The fourth-order valence-corrected chi connectivity index (χ4v) is 5.28. The summed E-state index contributed by atoms with van der Waals surface area (Å²) in [6, 6.07) is 7.57. The number of carbonyl (C=O) groups excluding carboxylic acids is 1. The van der Waals surface area contributed by atoms with Crippen LogP contribution in [0.15, 0.2) is 35.4 Å². The lowest BCUT2D eigenvalue weighted by atomic mass is 9.89. The molecular formula is C21H22ClN3O2S. The normalized spacial score (nSPS) is 16.1. The van der Waals surface area contributed by atoms with Crippen LogP contribution in [0.2, 0.25) is 5.02 Å². The molecule has 0 unspecified atom stereocenters. The lowest BCUT2D eigenvalue weighted by Crippen LogP contribution is -2.33. The van der Waals surface area contributed by atoms with E-state index in [1.165, 1.54) is 15.8 Å². The zero-order chi connectivity index (χ0) is 19.7. The van der Waals surface area contributed by atoms with Crippen molar-refractivity contribution in [3.8, 4) is 0 Å². The van der Waals surface area contributed by atoms with Crippen molar-refractivity contribution in [1.29, 1.82) is 0 Å². The van der Waals surface area contributed by atoms with Gasteiger partial charge in [0.1, 0.15) is 11.4 Å². The largest absolute Gasteiger partial charge is 0.354 e. The van der Waals surface area contributed by atoms with E-state index < -0.39 is 0 Å². The van der Waals surface area contributed by atoms with Crippen LogP contribution in [0.25, 0.3) is 10.2 Å². The lowest BCUT2D eigenvalue weighted by Gasteiger charge is -2.17. The minimum atomic E-state index is -0.192. The summed E-state index contributed by atoms with van der Waals surface area (Å²) in [5, 5.41) is 4.26. The Morgan fingerprint density at radius 2 is 2.29 bits per heavy atom. The van der Waals surface area contributed by atoms with E-state index >= 15 is 0 Å². The third kappa shape index (κ3) is 3.98. The zero-order valence-corrected chi connectivity index (χ0v) is 17.3. The van der Waals surface area contributed by atoms with Crippen molar-refractivity contribution in [2.75, 3.05) is 6.54 Å². The summed E-state index contributed by atoms with van der Waals surface area (Å²) in [6.07, 6.45) is 5.21. The van der Waals surface area contributed by atoms with E-state index in [0.717, 1.165) is 35.2 Å². The number of carbonyl (C=O) groups is 1. The van der Waals surface area contributed by atoms with E-state index in [9.17, 15) is 9.59 Å². The molecule has 0 radical (unpaired) electrons. The van der Waals surface area contributed by atoms with E-state index in [1.54, 1.807) is 11.3 Å². The van der Waals surface area contributed by atoms with Crippen LogP contribution in [0.1, 0.15) is 29.3 Å². The summed E-state index contributed by atoms with van der Waals surface area (Å²) in [7, 11) is 0. The van der Waals surface area contributed by atoms with Gasteiger partial charge in [-0.15, -0.1) is 11.3 Å². The van der Waals surface area contributed by atoms with Gasteiger partial charge in [0.25, 0.3) is 5.56 Å². The van der Waals surface area contributed by atoms with Crippen LogP contribution in [-0.4, -0.2) is 22.0 Å². The van der Waals surface area contributed by atoms with E-state index in [0.29, 0.717) is 29.3 Å². The van der Waals surface area contributed by atoms with E-state index in [4.69, 9.17) is 11.6 Å². The molecule has 0 bridgehead atoms. The Bertz CT molecular complexity index is 1090. The minimum absolute atomic E-state index is 0.0155. The van der Waals surface area contributed by atoms with Crippen LogP contribution in [0.3, 0.4) is 0 Å². The van der Waals surface area contributed by atoms with Gasteiger partial charge in [-0.3, -0.25) is 14.2 Å². The molecule has 1 atom stereocenters. The van der Waals surface area contributed by atoms with Gasteiger partial charge in [-0.05, 0) is 54.9 Å². The molecule has 0 saturated carbocycles. The highest BCUT2D eigenvalue weighted by Gasteiger charge is 2.23. The number of aromatic nitrogens is 2. The number of hydrogen-bond donors (Lipinski definition) is 1. The molecule has 146 valence electrons. The van der Waals surface area contributed by atoms with Gasteiger partial charge in [0.05, 0.1) is 11.7 Å². The molecule has 0 saturated heterocycles. The molecular weight excluding hydrogens is 394 g/mol. The molecule has 5 nitrogen and oxygen atoms in total. The first-order valence-corrected chi connectivity index (χ1v) is 10.7. The van der Waals surface area contributed by atoms with Gasteiger partial charge in [0, 0.05) is 16.4 Å². The maximum absolute atomic E-state index is 12.9. The minimum Gasteiger partial charge on any atom is -0.354 e. The Morgan fingerprint density at radius 1 is 1.43 bits per heavy atom. The van der Waals surface area contributed by atoms with Crippen molar-refractivity contribution in [2.24, 2.45) is 5.92 Å². The zero-order valence-electron chi connectivity index (χ0n) is 15.7. The van der Waals surface area contributed by atoms with Gasteiger partial charge in [-0.1, -0.05) is 30.7 Å². The topological polar surface area (TPSA) is 64.0 Å². The molecule has 3 aromatic rings. The average Bonchev–Trinajstić information content (AvgIpc) is 3.02. The summed E-state index contributed by atoms with van der Waals surface area (Å²) in [6.45, 7) is 2.72. The standard InChI is InChI=1S/C21H22ClN3O2S/c1-13-5-6-16-17(9-13)28-20-19(16)21(27)25(12-24-20)11-18(26)23-8-7-14-3-2-4-15(22)10-14/h2-4,10,12-13H,5-9,11H2,1H3,(H,23,26)/t13-/m1/s1. The number of fused-ring (bicyclic) bond motifs is 3. The number of amides is 1. The van der Waals surface area contributed by atoms with Gasteiger partial charge in [0.2, 0.25) is 5.91 Å². The lowest BCUT2D eigenvalue weighted by molar-refractivity contribution is -0.121. The first-order valence-electron chi connectivity index (χ1n) is 9.52. The molecule has 0 fully saturated rings. The van der Waals surface area contributed by atoms with Crippen molar-refractivity contribution in [1.82, 2.24) is 14.9 Å².